The molecule has 0 N–H and O–H groups in total. The molecule has 0 bridgehead atoms. The summed E-state index contributed by atoms with van der Waals surface area (Å²) in [4.78, 5) is 14.8. The highest BCUT2D eigenvalue weighted by atomic mass is 32.2. The summed E-state index contributed by atoms with van der Waals surface area (Å²) in [5.41, 5.74) is 2.05. The van der Waals surface area contributed by atoms with Gasteiger partial charge in [0.15, 0.2) is 6.10 Å². The molecule has 0 saturated carbocycles. The van der Waals surface area contributed by atoms with Gasteiger partial charge in [0.25, 0.3) is 5.91 Å². The number of hydrogen-bond acceptors (Lipinski definition) is 5. The smallest absolute Gasteiger partial charge is 0.265 e. The van der Waals surface area contributed by atoms with E-state index in [1.54, 1.807) is 67.6 Å². The summed E-state index contributed by atoms with van der Waals surface area (Å²) in [6, 6.07) is 23.3. The second kappa shape index (κ2) is 9.54. The van der Waals surface area contributed by atoms with E-state index in [0.717, 1.165) is 11.3 Å². The Bertz CT molecular complexity index is 1210. The highest BCUT2D eigenvalue weighted by Crippen LogP contribution is 2.36. The zero-order valence-corrected chi connectivity index (χ0v) is 19.4. The van der Waals surface area contributed by atoms with Gasteiger partial charge in [-0.15, -0.1) is 0 Å². The molecule has 1 aliphatic rings. The number of rotatable bonds is 7. The van der Waals surface area contributed by atoms with Gasteiger partial charge in [0.2, 0.25) is 10.0 Å². The Balaban J connectivity index is 1.55. The van der Waals surface area contributed by atoms with Crippen LogP contribution in [0.15, 0.2) is 78.9 Å². The van der Waals surface area contributed by atoms with E-state index in [4.69, 9.17) is 9.47 Å². The van der Waals surface area contributed by atoms with Crippen LogP contribution >= 0.6 is 0 Å². The maximum absolute atomic E-state index is 13.3. The predicted octanol–water partition coefficient (Wildman–Crippen LogP) is 3.45. The Kier molecular flexibility index (Phi) is 6.55. The third kappa shape index (κ3) is 5.12. The van der Waals surface area contributed by atoms with Gasteiger partial charge >= 0.3 is 0 Å². The molecular formula is C25H26N2O5S. The average molecular weight is 467 g/mol. The molecule has 1 unspecified atom stereocenters. The molecule has 0 spiro atoms. The molecule has 0 aliphatic carbocycles. The zero-order valence-electron chi connectivity index (χ0n) is 18.5. The van der Waals surface area contributed by atoms with Crippen molar-refractivity contribution >= 4 is 21.6 Å². The fourth-order valence-electron chi connectivity index (χ4n) is 3.79. The topological polar surface area (TPSA) is 76.2 Å². The molecule has 3 aromatic carbocycles. The average Bonchev–Trinajstić information content (AvgIpc) is 2.83. The first-order chi connectivity index (χ1) is 15.9. The number of methoxy groups -OCH3 is 1. The number of benzene rings is 3. The van der Waals surface area contributed by atoms with E-state index < -0.39 is 16.1 Å². The van der Waals surface area contributed by atoms with Gasteiger partial charge in [-0.1, -0.05) is 54.6 Å². The van der Waals surface area contributed by atoms with Crippen molar-refractivity contribution in [3.05, 3.63) is 90.0 Å². The molecule has 33 heavy (non-hydrogen) atoms. The summed E-state index contributed by atoms with van der Waals surface area (Å²) in [6.07, 6.45) is -0.950. The number of likely N-dealkylation sites (N-methyl/N-ethyl adjacent to an activating group) is 1. The molecule has 4 rings (SSSR count). The minimum absolute atomic E-state index is 0.0854. The first kappa shape index (κ1) is 22.7. The molecule has 0 radical (unpaired) electrons. The third-order valence-electron chi connectivity index (χ3n) is 5.49. The molecule has 0 aromatic heterocycles. The van der Waals surface area contributed by atoms with Crippen LogP contribution in [-0.4, -0.2) is 46.0 Å². The Morgan fingerprint density at radius 1 is 1.00 bits per heavy atom. The lowest BCUT2D eigenvalue weighted by Crippen LogP contribution is -2.51. The Morgan fingerprint density at radius 2 is 1.67 bits per heavy atom. The van der Waals surface area contributed by atoms with Gasteiger partial charge in [-0.05, 0) is 35.4 Å². The van der Waals surface area contributed by atoms with Crippen molar-refractivity contribution < 1.29 is 22.7 Å². The first-order valence-electron chi connectivity index (χ1n) is 10.6. The molecular weight excluding hydrogens is 440 g/mol. The fourth-order valence-corrected chi connectivity index (χ4v) is 5.37. The van der Waals surface area contributed by atoms with Crippen molar-refractivity contribution in [2.45, 2.75) is 18.4 Å². The summed E-state index contributed by atoms with van der Waals surface area (Å²) in [6.45, 7) is 0.277. The maximum atomic E-state index is 13.3. The highest BCUT2D eigenvalue weighted by Gasteiger charge is 2.37. The number of fused-ring (bicyclic) bond motifs is 1. The number of carbonyl (C=O) groups is 1. The number of amides is 1. The lowest BCUT2D eigenvalue weighted by Gasteiger charge is -2.36. The lowest BCUT2D eigenvalue weighted by molar-refractivity contribution is -0.137. The standard InChI is InChI=1S/C25H26N2O5S/c1-26(16-19-12-14-21(31-2)15-13-19)25(28)24-17-27(22-10-6-7-11-23(22)32-24)33(29,30)18-20-8-4-3-5-9-20/h3-15,24H,16-18H2,1-2H3. The monoisotopic (exact) mass is 466 g/mol. The Labute approximate surface area is 194 Å². The number of para-hydroxylation sites is 2. The summed E-state index contributed by atoms with van der Waals surface area (Å²) in [5.74, 6) is 0.654. The molecule has 0 saturated heterocycles. The van der Waals surface area contributed by atoms with Crippen molar-refractivity contribution in [1.29, 1.82) is 0 Å². The minimum Gasteiger partial charge on any atom is -0.497 e. The van der Waals surface area contributed by atoms with Crippen LogP contribution in [0.5, 0.6) is 11.5 Å². The van der Waals surface area contributed by atoms with Crippen LogP contribution in [0, 0.1) is 0 Å². The lowest BCUT2D eigenvalue weighted by atomic mass is 10.1. The van der Waals surface area contributed by atoms with Gasteiger partial charge in [-0.2, -0.15) is 0 Å². The van der Waals surface area contributed by atoms with Crippen LogP contribution < -0.4 is 13.8 Å². The summed E-state index contributed by atoms with van der Waals surface area (Å²) in [5, 5.41) is 0. The van der Waals surface area contributed by atoms with Crippen molar-refractivity contribution in [3.8, 4) is 11.5 Å². The van der Waals surface area contributed by atoms with E-state index >= 15 is 0 Å². The molecule has 1 aliphatic heterocycles. The largest absolute Gasteiger partial charge is 0.497 e. The van der Waals surface area contributed by atoms with E-state index in [1.807, 2.05) is 30.3 Å². The Hall–Kier alpha value is -3.52. The normalized spacial score (nSPS) is 15.3. The maximum Gasteiger partial charge on any atom is 0.265 e. The predicted molar refractivity (Wildman–Crippen MR) is 127 cm³/mol. The fraction of sp³-hybridized carbons (Fsp3) is 0.240. The summed E-state index contributed by atoms with van der Waals surface area (Å²) < 4.78 is 39.1. The number of sulfonamides is 1. The van der Waals surface area contributed by atoms with Gasteiger partial charge in [0.05, 0.1) is 25.1 Å². The van der Waals surface area contributed by atoms with Crippen molar-refractivity contribution in [2.75, 3.05) is 25.0 Å². The van der Waals surface area contributed by atoms with Gasteiger partial charge in [-0.25, -0.2) is 8.42 Å². The number of carbonyl (C=O) groups excluding carboxylic acids is 1. The van der Waals surface area contributed by atoms with Crippen LogP contribution in [-0.2, 0) is 27.1 Å². The molecule has 172 valence electrons. The van der Waals surface area contributed by atoms with Crippen LogP contribution in [0.25, 0.3) is 0 Å². The van der Waals surface area contributed by atoms with E-state index in [-0.39, 0.29) is 18.2 Å². The molecule has 3 aromatic rings. The molecule has 1 heterocycles. The van der Waals surface area contributed by atoms with Crippen LogP contribution in [0.4, 0.5) is 5.69 Å². The SMILES string of the molecule is COc1ccc(CN(C)C(=O)C2CN(S(=O)(=O)Cc3ccccc3)c3ccccc3O2)cc1. The quantitative estimate of drug-likeness (QED) is 0.533. The van der Waals surface area contributed by atoms with E-state index in [1.165, 1.54) is 4.31 Å². The third-order valence-corrected chi connectivity index (χ3v) is 7.21. The van der Waals surface area contributed by atoms with Crippen LogP contribution in [0.2, 0.25) is 0 Å². The van der Waals surface area contributed by atoms with Crippen LogP contribution in [0.3, 0.4) is 0 Å². The number of nitrogens with zero attached hydrogens (tertiary/aromatic N) is 2. The second-order valence-corrected chi connectivity index (χ2v) is 9.78. The van der Waals surface area contributed by atoms with Gasteiger partial charge in [0, 0.05) is 13.6 Å². The van der Waals surface area contributed by atoms with Gasteiger partial charge < -0.3 is 14.4 Å². The molecule has 7 nitrogen and oxygen atoms in total. The summed E-state index contributed by atoms with van der Waals surface area (Å²) >= 11 is 0. The number of hydrogen-bond donors (Lipinski definition) is 0. The number of anilines is 1. The van der Waals surface area contributed by atoms with Crippen molar-refractivity contribution in [1.82, 2.24) is 4.90 Å². The zero-order chi connectivity index (χ0) is 23.4. The van der Waals surface area contributed by atoms with Gasteiger partial charge in [-0.3, -0.25) is 9.10 Å². The Morgan fingerprint density at radius 3 is 2.36 bits per heavy atom. The van der Waals surface area contributed by atoms with Gasteiger partial charge in [0.1, 0.15) is 11.5 Å². The highest BCUT2D eigenvalue weighted by molar-refractivity contribution is 7.92. The van der Waals surface area contributed by atoms with Crippen molar-refractivity contribution in [3.63, 3.8) is 0 Å². The molecule has 0 fully saturated rings. The first-order valence-corrected chi connectivity index (χ1v) is 12.2. The van der Waals surface area contributed by atoms with E-state index in [9.17, 15) is 13.2 Å². The molecule has 1 amide bonds. The van der Waals surface area contributed by atoms with Crippen LogP contribution in [0.1, 0.15) is 11.1 Å². The molecule has 8 heteroatoms. The number of ether oxygens (including phenoxy) is 2. The van der Waals surface area contributed by atoms with E-state index in [0.29, 0.717) is 23.5 Å². The van der Waals surface area contributed by atoms with Crippen molar-refractivity contribution in [2.24, 2.45) is 0 Å². The minimum atomic E-state index is -3.74. The van der Waals surface area contributed by atoms with E-state index in [2.05, 4.69) is 0 Å². The second-order valence-electron chi connectivity index (χ2n) is 7.89. The summed E-state index contributed by atoms with van der Waals surface area (Å²) in [7, 11) is -0.462. The molecule has 1 atom stereocenters.